The Kier molecular flexibility index (Phi) is 6.30. The number of rotatable bonds is 7. The Bertz CT molecular complexity index is 805. The summed E-state index contributed by atoms with van der Waals surface area (Å²) in [6.07, 6.45) is 1.49. The molecule has 1 aliphatic rings. The highest BCUT2D eigenvalue weighted by Crippen LogP contribution is 2.30. The van der Waals surface area contributed by atoms with Gasteiger partial charge in [0, 0.05) is 6.20 Å². The van der Waals surface area contributed by atoms with Gasteiger partial charge in [0.25, 0.3) is 0 Å². The average molecular weight is 387 g/mol. The Balaban J connectivity index is 1.75. The lowest BCUT2D eigenvalue weighted by molar-refractivity contribution is -0.141. The molecule has 0 unspecified atom stereocenters. The van der Waals surface area contributed by atoms with Gasteiger partial charge in [0.15, 0.2) is 0 Å². The zero-order valence-electron chi connectivity index (χ0n) is 16.0. The second kappa shape index (κ2) is 8.88. The number of carbonyl (C=O) groups is 2. The van der Waals surface area contributed by atoms with Crippen LogP contribution in [0.25, 0.3) is 0 Å². The summed E-state index contributed by atoms with van der Waals surface area (Å²) in [6.45, 7) is 4.44. The first kappa shape index (κ1) is 19.9. The second-order valence-electron chi connectivity index (χ2n) is 7.21. The Labute approximate surface area is 163 Å². The van der Waals surface area contributed by atoms with Crippen molar-refractivity contribution in [2.45, 2.75) is 39.0 Å². The third-order valence-corrected chi connectivity index (χ3v) is 4.64. The third kappa shape index (κ3) is 4.51. The van der Waals surface area contributed by atoms with E-state index < -0.39 is 24.1 Å². The monoisotopic (exact) mass is 387 g/mol. The summed E-state index contributed by atoms with van der Waals surface area (Å²) < 4.78 is 12.4. The molecule has 0 saturated carbocycles. The van der Waals surface area contributed by atoms with Gasteiger partial charge < -0.3 is 14.6 Å². The van der Waals surface area contributed by atoms with Crippen molar-refractivity contribution in [3.8, 4) is 0 Å². The number of ether oxygens (including phenoxy) is 2. The van der Waals surface area contributed by atoms with E-state index in [2.05, 4.69) is 5.10 Å². The van der Waals surface area contributed by atoms with E-state index in [-0.39, 0.29) is 25.9 Å². The van der Waals surface area contributed by atoms with Crippen LogP contribution in [0.4, 0.5) is 4.79 Å². The minimum atomic E-state index is -0.948. The van der Waals surface area contributed by atoms with Crippen LogP contribution in [0.2, 0.25) is 0 Å². The van der Waals surface area contributed by atoms with Gasteiger partial charge in [0.2, 0.25) is 0 Å². The van der Waals surface area contributed by atoms with Crippen molar-refractivity contribution in [3.05, 3.63) is 53.9 Å². The number of benzene rings is 1. The molecule has 28 heavy (non-hydrogen) atoms. The Morgan fingerprint density at radius 2 is 2.04 bits per heavy atom. The number of nitrogens with zero attached hydrogens (tertiary/aromatic N) is 3. The Morgan fingerprint density at radius 3 is 2.71 bits per heavy atom. The molecule has 1 aromatic carbocycles. The number of carbonyl (C=O) groups excluding carboxylic acids is 1. The summed E-state index contributed by atoms with van der Waals surface area (Å²) in [5.41, 5.74) is 1.52. The SMILES string of the molecule is CC(C)C[C@@H](C(=O)O)n1nccc1[C@@H]1COCN1C(=O)OCc1ccccc1. The maximum absolute atomic E-state index is 12.6. The summed E-state index contributed by atoms with van der Waals surface area (Å²) in [5.74, 6) is -0.763. The van der Waals surface area contributed by atoms with Crippen LogP contribution in [0.3, 0.4) is 0 Å². The lowest BCUT2D eigenvalue weighted by Crippen LogP contribution is -2.34. The molecule has 1 aromatic heterocycles. The first-order chi connectivity index (χ1) is 13.5. The zero-order chi connectivity index (χ0) is 20.1. The van der Waals surface area contributed by atoms with E-state index in [4.69, 9.17) is 9.47 Å². The molecule has 1 fully saturated rings. The van der Waals surface area contributed by atoms with Gasteiger partial charge in [0.05, 0.1) is 12.3 Å². The van der Waals surface area contributed by atoms with E-state index in [0.29, 0.717) is 12.1 Å². The van der Waals surface area contributed by atoms with Gasteiger partial charge in [-0.15, -0.1) is 0 Å². The van der Waals surface area contributed by atoms with Crippen molar-refractivity contribution >= 4 is 12.1 Å². The molecule has 1 aliphatic heterocycles. The molecule has 1 N–H and O–H groups in total. The minimum Gasteiger partial charge on any atom is -0.480 e. The number of aromatic nitrogens is 2. The fourth-order valence-corrected chi connectivity index (χ4v) is 3.27. The third-order valence-electron chi connectivity index (χ3n) is 4.64. The van der Waals surface area contributed by atoms with Crippen molar-refractivity contribution in [2.24, 2.45) is 5.92 Å². The van der Waals surface area contributed by atoms with Crippen molar-refractivity contribution in [2.75, 3.05) is 13.3 Å². The number of hydrogen-bond donors (Lipinski definition) is 1. The topological polar surface area (TPSA) is 93.9 Å². The highest BCUT2D eigenvalue weighted by Gasteiger charge is 2.36. The summed E-state index contributed by atoms with van der Waals surface area (Å²) >= 11 is 0. The fourth-order valence-electron chi connectivity index (χ4n) is 3.27. The molecule has 0 radical (unpaired) electrons. The molecule has 0 bridgehead atoms. The van der Waals surface area contributed by atoms with E-state index in [9.17, 15) is 14.7 Å². The van der Waals surface area contributed by atoms with Gasteiger partial charge >= 0.3 is 12.1 Å². The van der Waals surface area contributed by atoms with E-state index in [1.165, 1.54) is 9.58 Å². The highest BCUT2D eigenvalue weighted by molar-refractivity contribution is 5.72. The lowest BCUT2D eigenvalue weighted by Gasteiger charge is -2.25. The van der Waals surface area contributed by atoms with Gasteiger partial charge in [-0.05, 0) is 24.0 Å². The molecular formula is C20H25N3O5. The standard InChI is InChI=1S/C20H25N3O5/c1-14(2)10-17(19(24)25)23-16(8-9-21-23)18-12-27-13-22(18)20(26)28-11-15-6-4-3-5-7-15/h3-9,14,17-18H,10-13H2,1-2H3,(H,24,25)/t17-,18-/m0/s1. The zero-order valence-corrected chi connectivity index (χ0v) is 16.0. The van der Waals surface area contributed by atoms with E-state index in [0.717, 1.165) is 5.56 Å². The van der Waals surface area contributed by atoms with E-state index in [1.807, 2.05) is 44.2 Å². The summed E-state index contributed by atoms with van der Waals surface area (Å²) in [6, 6.07) is 9.90. The maximum Gasteiger partial charge on any atom is 0.412 e. The van der Waals surface area contributed by atoms with Crippen LogP contribution in [-0.4, -0.2) is 45.2 Å². The Hall–Kier alpha value is -2.87. The second-order valence-corrected chi connectivity index (χ2v) is 7.21. The van der Waals surface area contributed by atoms with Crippen LogP contribution in [0.1, 0.15) is 43.6 Å². The molecular weight excluding hydrogens is 362 g/mol. The van der Waals surface area contributed by atoms with Gasteiger partial charge in [-0.2, -0.15) is 5.10 Å². The largest absolute Gasteiger partial charge is 0.480 e. The van der Waals surface area contributed by atoms with Crippen LogP contribution >= 0.6 is 0 Å². The molecule has 2 heterocycles. The molecule has 8 heteroatoms. The number of carboxylic acids is 1. The first-order valence-electron chi connectivity index (χ1n) is 9.28. The van der Waals surface area contributed by atoms with Crippen molar-refractivity contribution < 1.29 is 24.2 Å². The predicted octanol–water partition coefficient (Wildman–Crippen LogP) is 3.22. The quantitative estimate of drug-likeness (QED) is 0.784. The highest BCUT2D eigenvalue weighted by atomic mass is 16.6. The van der Waals surface area contributed by atoms with Gasteiger partial charge in [-0.25, -0.2) is 9.59 Å². The molecule has 1 amide bonds. The molecule has 2 atom stereocenters. The first-order valence-corrected chi connectivity index (χ1v) is 9.28. The smallest absolute Gasteiger partial charge is 0.412 e. The van der Waals surface area contributed by atoms with Crippen LogP contribution in [0, 0.1) is 5.92 Å². The molecule has 1 saturated heterocycles. The van der Waals surface area contributed by atoms with E-state index >= 15 is 0 Å². The molecule has 150 valence electrons. The van der Waals surface area contributed by atoms with Gasteiger partial charge in [-0.1, -0.05) is 44.2 Å². The lowest BCUT2D eigenvalue weighted by atomic mass is 10.0. The number of carboxylic acid groups (broad SMARTS) is 1. The number of amides is 1. The van der Waals surface area contributed by atoms with Crippen LogP contribution in [-0.2, 0) is 20.9 Å². The summed E-state index contributed by atoms with van der Waals surface area (Å²) in [5, 5.41) is 13.9. The fraction of sp³-hybridized carbons (Fsp3) is 0.450. The molecule has 0 spiro atoms. The van der Waals surface area contributed by atoms with Gasteiger partial charge in [0.1, 0.15) is 25.4 Å². The van der Waals surface area contributed by atoms with Crippen LogP contribution in [0.5, 0.6) is 0 Å². The Morgan fingerprint density at radius 1 is 1.29 bits per heavy atom. The van der Waals surface area contributed by atoms with Crippen molar-refractivity contribution in [1.29, 1.82) is 0 Å². The summed E-state index contributed by atoms with van der Waals surface area (Å²) in [7, 11) is 0. The molecule has 0 aliphatic carbocycles. The van der Waals surface area contributed by atoms with Crippen LogP contribution < -0.4 is 0 Å². The predicted molar refractivity (Wildman–Crippen MR) is 100 cm³/mol. The van der Waals surface area contributed by atoms with Crippen molar-refractivity contribution in [3.63, 3.8) is 0 Å². The maximum atomic E-state index is 12.6. The number of aliphatic carboxylic acids is 1. The molecule has 8 nitrogen and oxygen atoms in total. The molecule has 3 rings (SSSR count). The summed E-state index contributed by atoms with van der Waals surface area (Å²) in [4.78, 5) is 25.8. The van der Waals surface area contributed by atoms with Crippen molar-refractivity contribution in [1.82, 2.24) is 14.7 Å². The normalized spacial score (nSPS) is 17.7. The van der Waals surface area contributed by atoms with E-state index in [1.54, 1.807) is 12.3 Å². The number of hydrogen-bond acceptors (Lipinski definition) is 5. The average Bonchev–Trinajstić information content (AvgIpc) is 3.33. The molecule has 2 aromatic rings. The van der Waals surface area contributed by atoms with Crippen LogP contribution in [0.15, 0.2) is 42.6 Å². The minimum absolute atomic E-state index is 0.0887. The van der Waals surface area contributed by atoms with Gasteiger partial charge in [-0.3, -0.25) is 9.58 Å².